The fourth-order valence-corrected chi connectivity index (χ4v) is 2.82. The lowest BCUT2D eigenvalue weighted by Gasteiger charge is -2.29. The summed E-state index contributed by atoms with van der Waals surface area (Å²) in [5.41, 5.74) is 2.18. The normalized spacial score (nSPS) is 16.7. The average molecular weight is 283 g/mol. The third-order valence-corrected chi connectivity index (χ3v) is 4.13. The van der Waals surface area contributed by atoms with Gasteiger partial charge in [0.15, 0.2) is 0 Å². The maximum atomic E-state index is 12.5. The Morgan fingerprint density at radius 1 is 1.10 bits per heavy atom. The molecule has 4 heteroatoms. The minimum Gasteiger partial charge on any atom is -0.341 e. The summed E-state index contributed by atoms with van der Waals surface area (Å²) in [6, 6.07) is 9.89. The molecule has 1 atom stereocenters. The fourth-order valence-electron chi connectivity index (χ4n) is 2.82. The molecule has 1 aliphatic rings. The van der Waals surface area contributed by atoms with E-state index in [0.29, 0.717) is 0 Å². The smallest absolute Gasteiger partial charge is 0.247 e. The number of benzene rings is 1. The molecule has 1 saturated heterocycles. The predicted molar refractivity (Wildman–Crippen MR) is 82.8 cm³/mol. The Kier molecular flexibility index (Phi) is 4.04. The van der Waals surface area contributed by atoms with Gasteiger partial charge in [-0.25, -0.2) is 0 Å². The second kappa shape index (κ2) is 6.12. The Balaban J connectivity index is 1.74. The molecule has 1 amide bonds. The number of rotatable bonds is 3. The van der Waals surface area contributed by atoms with Gasteiger partial charge in [-0.15, -0.1) is 0 Å². The van der Waals surface area contributed by atoms with Crippen LogP contribution >= 0.6 is 0 Å². The monoisotopic (exact) mass is 283 g/mol. The molecule has 0 aliphatic carbocycles. The summed E-state index contributed by atoms with van der Waals surface area (Å²) in [5.74, 6) is 0.178. The van der Waals surface area contributed by atoms with E-state index >= 15 is 0 Å². The van der Waals surface area contributed by atoms with Crippen LogP contribution < -0.4 is 0 Å². The van der Waals surface area contributed by atoms with Crippen LogP contribution in [0.1, 0.15) is 32.2 Å². The first kappa shape index (κ1) is 13.9. The number of piperidine rings is 1. The zero-order valence-electron chi connectivity index (χ0n) is 12.4. The van der Waals surface area contributed by atoms with Crippen LogP contribution in [0.25, 0.3) is 11.1 Å². The number of hydrogen-bond acceptors (Lipinski definition) is 2. The minimum atomic E-state index is -0.236. The third-order valence-electron chi connectivity index (χ3n) is 4.13. The first-order valence-corrected chi connectivity index (χ1v) is 7.64. The van der Waals surface area contributed by atoms with Crippen LogP contribution in [0, 0.1) is 0 Å². The van der Waals surface area contributed by atoms with Crippen LogP contribution in [-0.4, -0.2) is 33.7 Å². The highest BCUT2D eigenvalue weighted by molar-refractivity contribution is 5.80. The van der Waals surface area contributed by atoms with Gasteiger partial charge in [0.25, 0.3) is 0 Å². The van der Waals surface area contributed by atoms with Gasteiger partial charge >= 0.3 is 0 Å². The minimum absolute atomic E-state index is 0.178. The van der Waals surface area contributed by atoms with E-state index in [2.05, 4.69) is 17.2 Å². The molecule has 1 aromatic heterocycles. The fraction of sp³-hybridized carbons (Fsp3) is 0.412. The highest BCUT2D eigenvalue weighted by atomic mass is 16.2. The van der Waals surface area contributed by atoms with Crippen molar-refractivity contribution in [1.82, 2.24) is 14.7 Å². The molecule has 4 nitrogen and oxygen atoms in total. The molecule has 1 fully saturated rings. The molecule has 0 radical (unpaired) electrons. The topological polar surface area (TPSA) is 38.1 Å². The predicted octanol–water partition coefficient (Wildman–Crippen LogP) is 3.12. The van der Waals surface area contributed by atoms with Gasteiger partial charge < -0.3 is 4.90 Å². The van der Waals surface area contributed by atoms with E-state index < -0.39 is 0 Å². The zero-order valence-corrected chi connectivity index (χ0v) is 12.4. The SMILES string of the molecule is C[C@@H](C(=O)N1CCCCC1)n1cc(-c2ccccc2)cn1. The van der Waals surface area contributed by atoms with Crippen molar-refractivity contribution < 1.29 is 4.79 Å². The van der Waals surface area contributed by atoms with Crippen molar-refractivity contribution in [3.05, 3.63) is 42.7 Å². The van der Waals surface area contributed by atoms with Crippen LogP contribution in [0.5, 0.6) is 0 Å². The number of carbonyl (C=O) groups excluding carboxylic acids is 1. The highest BCUT2D eigenvalue weighted by Gasteiger charge is 2.23. The Bertz CT molecular complexity index is 600. The van der Waals surface area contributed by atoms with Crippen LogP contribution in [-0.2, 0) is 4.79 Å². The van der Waals surface area contributed by atoms with Crippen molar-refractivity contribution in [2.24, 2.45) is 0 Å². The number of likely N-dealkylation sites (tertiary alicyclic amines) is 1. The molecule has 3 rings (SSSR count). The molecular weight excluding hydrogens is 262 g/mol. The van der Waals surface area contributed by atoms with Crippen molar-refractivity contribution in [2.45, 2.75) is 32.2 Å². The Morgan fingerprint density at radius 3 is 2.52 bits per heavy atom. The number of carbonyl (C=O) groups is 1. The molecule has 0 N–H and O–H groups in total. The van der Waals surface area contributed by atoms with E-state index in [1.807, 2.05) is 42.4 Å². The van der Waals surface area contributed by atoms with Crippen LogP contribution in [0.4, 0.5) is 0 Å². The van der Waals surface area contributed by atoms with Gasteiger partial charge in [-0.05, 0) is 31.7 Å². The molecule has 0 bridgehead atoms. The summed E-state index contributed by atoms with van der Waals surface area (Å²) in [5, 5.41) is 4.38. The van der Waals surface area contributed by atoms with Crippen molar-refractivity contribution in [3.8, 4) is 11.1 Å². The van der Waals surface area contributed by atoms with E-state index in [9.17, 15) is 4.79 Å². The number of amides is 1. The molecule has 2 heterocycles. The number of nitrogens with zero attached hydrogens (tertiary/aromatic N) is 3. The van der Waals surface area contributed by atoms with Gasteiger partial charge in [-0.3, -0.25) is 9.48 Å². The first-order valence-electron chi connectivity index (χ1n) is 7.64. The van der Waals surface area contributed by atoms with E-state index in [1.165, 1.54) is 6.42 Å². The van der Waals surface area contributed by atoms with Crippen molar-refractivity contribution in [3.63, 3.8) is 0 Å². The van der Waals surface area contributed by atoms with Gasteiger partial charge in [-0.2, -0.15) is 5.10 Å². The van der Waals surface area contributed by atoms with E-state index in [4.69, 9.17) is 0 Å². The van der Waals surface area contributed by atoms with Crippen molar-refractivity contribution in [1.29, 1.82) is 0 Å². The molecular formula is C17H21N3O. The quantitative estimate of drug-likeness (QED) is 0.868. The molecule has 0 unspecified atom stereocenters. The Hall–Kier alpha value is -2.10. The molecule has 2 aromatic rings. The number of hydrogen-bond donors (Lipinski definition) is 0. The van der Waals surface area contributed by atoms with E-state index in [0.717, 1.165) is 37.1 Å². The third kappa shape index (κ3) is 2.99. The first-order chi connectivity index (χ1) is 10.3. The van der Waals surface area contributed by atoms with Gasteiger partial charge in [-0.1, -0.05) is 30.3 Å². The lowest BCUT2D eigenvalue weighted by Crippen LogP contribution is -2.39. The molecule has 21 heavy (non-hydrogen) atoms. The summed E-state index contributed by atoms with van der Waals surface area (Å²) in [7, 11) is 0. The molecule has 110 valence electrons. The van der Waals surface area contributed by atoms with E-state index in [1.54, 1.807) is 4.68 Å². The Morgan fingerprint density at radius 2 is 1.81 bits per heavy atom. The van der Waals surface area contributed by atoms with Crippen LogP contribution in [0.3, 0.4) is 0 Å². The van der Waals surface area contributed by atoms with Crippen molar-refractivity contribution in [2.75, 3.05) is 13.1 Å². The van der Waals surface area contributed by atoms with Crippen molar-refractivity contribution >= 4 is 5.91 Å². The molecule has 0 saturated carbocycles. The second-order valence-electron chi connectivity index (χ2n) is 5.64. The van der Waals surface area contributed by atoms with Gasteiger partial charge in [0.2, 0.25) is 5.91 Å². The maximum absolute atomic E-state index is 12.5. The molecule has 0 spiro atoms. The Labute approximate surface area is 125 Å². The summed E-state index contributed by atoms with van der Waals surface area (Å²) < 4.78 is 1.78. The molecule has 1 aromatic carbocycles. The summed E-state index contributed by atoms with van der Waals surface area (Å²) in [6.45, 7) is 3.70. The highest BCUT2D eigenvalue weighted by Crippen LogP contribution is 2.21. The summed E-state index contributed by atoms with van der Waals surface area (Å²) >= 11 is 0. The zero-order chi connectivity index (χ0) is 14.7. The second-order valence-corrected chi connectivity index (χ2v) is 5.64. The maximum Gasteiger partial charge on any atom is 0.247 e. The average Bonchev–Trinajstić information content (AvgIpc) is 3.05. The van der Waals surface area contributed by atoms with Gasteiger partial charge in [0.1, 0.15) is 6.04 Å². The lowest BCUT2D eigenvalue weighted by atomic mass is 10.1. The molecule has 1 aliphatic heterocycles. The summed E-state index contributed by atoms with van der Waals surface area (Å²) in [6.07, 6.45) is 7.26. The number of aromatic nitrogens is 2. The standard InChI is InChI=1S/C17H21N3O/c1-14(17(21)19-10-6-3-7-11-19)20-13-16(12-18-20)15-8-4-2-5-9-15/h2,4-5,8-9,12-14H,3,6-7,10-11H2,1H3/t14-/m0/s1. The van der Waals surface area contributed by atoms with Gasteiger partial charge in [0, 0.05) is 24.8 Å². The van der Waals surface area contributed by atoms with Gasteiger partial charge in [0.05, 0.1) is 6.20 Å². The largest absolute Gasteiger partial charge is 0.341 e. The van der Waals surface area contributed by atoms with E-state index in [-0.39, 0.29) is 11.9 Å². The lowest BCUT2D eigenvalue weighted by molar-refractivity contribution is -0.135. The van der Waals surface area contributed by atoms with Crippen LogP contribution in [0.2, 0.25) is 0 Å². The summed E-state index contributed by atoms with van der Waals surface area (Å²) in [4.78, 5) is 14.5. The van der Waals surface area contributed by atoms with Crippen LogP contribution in [0.15, 0.2) is 42.7 Å².